The van der Waals surface area contributed by atoms with E-state index in [2.05, 4.69) is 0 Å². The molecule has 0 atom stereocenters. The van der Waals surface area contributed by atoms with Crippen LogP contribution in [-0.2, 0) is 6.54 Å². The predicted molar refractivity (Wildman–Crippen MR) is 64.8 cm³/mol. The molecule has 3 nitrogen and oxygen atoms in total. The molecule has 0 aliphatic heterocycles. The minimum atomic E-state index is -0.358. The fourth-order valence-corrected chi connectivity index (χ4v) is 1.74. The minimum Gasteiger partial charge on any atom is -0.329 e. The molecule has 1 aromatic rings. The van der Waals surface area contributed by atoms with Gasteiger partial charge in [0.05, 0.1) is 5.02 Å². The summed E-state index contributed by atoms with van der Waals surface area (Å²) in [4.78, 5) is 2.01. The summed E-state index contributed by atoms with van der Waals surface area (Å²) in [5.74, 6) is -0.358. The first-order chi connectivity index (χ1) is 7.69. The normalized spacial score (nSPS) is 11.1. The van der Waals surface area contributed by atoms with Crippen LogP contribution < -0.4 is 11.5 Å². The summed E-state index contributed by atoms with van der Waals surface area (Å²) in [7, 11) is 0. The van der Waals surface area contributed by atoms with Crippen LogP contribution in [0.15, 0.2) is 18.2 Å². The third-order valence-corrected chi connectivity index (χ3v) is 2.61. The lowest BCUT2D eigenvalue weighted by Crippen LogP contribution is -2.33. The monoisotopic (exact) mass is 245 g/mol. The quantitative estimate of drug-likeness (QED) is 0.792. The number of benzene rings is 1. The molecule has 0 aliphatic rings. The van der Waals surface area contributed by atoms with Crippen molar-refractivity contribution in [3.05, 3.63) is 34.6 Å². The Balaban J connectivity index is 2.72. The van der Waals surface area contributed by atoms with Gasteiger partial charge in [0.2, 0.25) is 0 Å². The molecule has 16 heavy (non-hydrogen) atoms. The van der Waals surface area contributed by atoms with Gasteiger partial charge in [-0.3, -0.25) is 4.90 Å². The summed E-state index contributed by atoms with van der Waals surface area (Å²) in [5, 5.41) is 0.151. The molecular weight excluding hydrogens is 229 g/mol. The van der Waals surface area contributed by atoms with Gasteiger partial charge >= 0.3 is 0 Å². The van der Waals surface area contributed by atoms with Gasteiger partial charge in [-0.05, 0) is 6.07 Å². The van der Waals surface area contributed by atoms with E-state index in [-0.39, 0.29) is 10.8 Å². The van der Waals surface area contributed by atoms with Crippen LogP contribution in [0.3, 0.4) is 0 Å². The molecule has 0 heterocycles. The van der Waals surface area contributed by atoms with Gasteiger partial charge in [0.25, 0.3) is 0 Å². The van der Waals surface area contributed by atoms with Crippen LogP contribution in [0, 0.1) is 5.82 Å². The summed E-state index contributed by atoms with van der Waals surface area (Å²) >= 11 is 5.71. The minimum absolute atomic E-state index is 0.151. The van der Waals surface area contributed by atoms with Crippen molar-refractivity contribution in [1.29, 1.82) is 0 Å². The SMILES string of the molecule is NCCN(CCN)Cc1cccc(Cl)c1F. The van der Waals surface area contributed by atoms with Crippen LogP contribution in [0.1, 0.15) is 5.56 Å². The highest BCUT2D eigenvalue weighted by Crippen LogP contribution is 2.18. The van der Waals surface area contributed by atoms with Crippen LogP contribution in [-0.4, -0.2) is 31.1 Å². The van der Waals surface area contributed by atoms with Gasteiger partial charge in [-0.2, -0.15) is 0 Å². The van der Waals surface area contributed by atoms with Gasteiger partial charge in [-0.15, -0.1) is 0 Å². The van der Waals surface area contributed by atoms with Crippen molar-refractivity contribution in [3.63, 3.8) is 0 Å². The van der Waals surface area contributed by atoms with Gasteiger partial charge in [0.1, 0.15) is 5.82 Å². The van der Waals surface area contributed by atoms with Crippen LogP contribution in [0.2, 0.25) is 5.02 Å². The van der Waals surface area contributed by atoms with Crippen molar-refractivity contribution in [3.8, 4) is 0 Å². The van der Waals surface area contributed by atoms with Crippen molar-refractivity contribution < 1.29 is 4.39 Å². The Morgan fingerprint density at radius 1 is 1.19 bits per heavy atom. The molecule has 0 spiro atoms. The Morgan fingerprint density at radius 2 is 1.81 bits per heavy atom. The van der Waals surface area contributed by atoms with Crippen molar-refractivity contribution in [2.75, 3.05) is 26.2 Å². The topological polar surface area (TPSA) is 55.3 Å². The third-order valence-electron chi connectivity index (χ3n) is 2.32. The second kappa shape index (κ2) is 6.81. The van der Waals surface area contributed by atoms with Crippen molar-refractivity contribution in [2.45, 2.75) is 6.54 Å². The second-order valence-electron chi connectivity index (χ2n) is 3.57. The molecule has 0 radical (unpaired) electrons. The highest BCUT2D eigenvalue weighted by molar-refractivity contribution is 6.30. The molecule has 90 valence electrons. The van der Waals surface area contributed by atoms with Crippen molar-refractivity contribution in [2.24, 2.45) is 11.5 Å². The zero-order chi connectivity index (χ0) is 12.0. The highest BCUT2D eigenvalue weighted by Gasteiger charge is 2.10. The molecular formula is C11H17ClFN3. The molecule has 0 unspecified atom stereocenters. The van der Waals surface area contributed by atoms with Crippen molar-refractivity contribution in [1.82, 2.24) is 4.90 Å². The largest absolute Gasteiger partial charge is 0.329 e. The molecule has 0 amide bonds. The summed E-state index contributed by atoms with van der Waals surface area (Å²) in [6.07, 6.45) is 0. The predicted octanol–water partition coefficient (Wildman–Crippen LogP) is 1.20. The van der Waals surface area contributed by atoms with E-state index in [1.165, 1.54) is 6.07 Å². The molecule has 4 N–H and O–H groups in total. The zero-order valence-corrected chi connectivity index (χ0v) is 9.88. The number of nitrogens with zero attached hydrogens (tertiary/aromatic N) is 1. The van der Waals surface area contributed by atoms with Crippen LogP contribution >= 0.6 is 11.6 Å². The Morgan fingerprint density at radius 3 is 2.38 bits per heavy atom. The molecule has 0 saturated heterocycles. The maximum atomic E-state index is 13.6. The zero-order valence-electron chi connectivity index (χ0n) is 9.13. The Bertz CT molecular complexity index is 327. The van der Waals surface area contributed by atoms with E-state index < -0.39 is 0 Å². The molecule has 1 aromatic carbocycles. The first kappa shape index (κ1) is 13.4. The van der Waals surface area contributed by atoms with E-state index in [0.717, 1.165) is 0 Å². The van der Waals surface area contributed by atoms with Crippen LogP contribution in [0.4, 0.5) is 4.39 Å². The lowest BCUT2D eigenvalue weighted by molar-refractivity contribution is 0.277. The molecule has 1 rings (SSSR count). The number of nitrogens with two attached hydrogens (primary N) is 2. The Kier molecular flexibility index (Phi) is 5.69. The summed E-state index contributed by atoms with van der Waals surface area (Å²) in [6, 6.07) is 5.00. The summed E-state index contributed by atoms with van der Waals surface area (Å²) in [5.41, 5.74) is 11.5. The Hall–Kier alpha value is -0.680. The van der Waals surface area contributed by atoms with E-state index in [1.54, 1.807) is 12.1 Å². The number of halogens is 2. The first-order valence-corrected chi connectivity index (χ1v) is 5.62. The molecule has 0 aromatic heterocycles. The van der Waals surface area contributed by atoms with Gasteiger partial charge < -0.3 is 11.5 Å². The van der Waals surface area contributed by atoms with E-state index in [9.17, 15) is 4.39 Å². The maximum absolute atomic E-state index is 13.6. The standard InChI is InChI=1S/C11H17ClFN3/c12-10-3-1-2-9(11(10)13)8-16(6-4-14)7-5-15/h1-3H,4-8,14-15H2. The number of hydrogen-bond donors (Lipinski definition) is 2. The maximum Gasteiger partial charge on any atom is 0.146 e. The highest BCUT2D eigenvalue weighted by atomic mass is 35.5. The summed E-state index contributed by atoms with van der Waals surface area (Å²) < 4.78 is 13.6. The lowest BCUT2D eigenvalue weighted by atomic mass is 10.2. The van der Waals surface area contributed by atoms with Crippen LogP contribution in [0.25, 0.3) is 0 Å². The molecule has 0 bridgehead atoms. The van der Waals surface area contributed by atoms with E-state index in [4.69, 9.17) is 23.1 Å². The fourth-order valence-electron chi connectivity index (χ4n) is 1.55. The lowest BCUT2D eigenvalue weighted by Gasteiger charge is -2.21. The number of rotatable bonds is 6. The second-order valence-corrected chi connectivity index (χ2v) is 3.97. The van der Waals surface area contributed by atoms with E-state index in [1.807, 2.05) is 4.90 Å². The molecule has 5 heteroatoms. The van der Waals surface area contributed by atoms with Gasteiger partial charge in [-0.25, -0.2) is 4.39 Å². The van der Waals surface area contributed by atoms with Gasteiger partial charge in [0.15, 0.2) is 0 Å². The number of hydrogen-bond acceptors (Lipinski definition) is 3. The third kappa shape index (κ3) is 3.72. The molecule has 0 aliphatic carbocycles. The van der Waals surface area contributed by atoms with Gasteiger partial charge in [-0.1, -0.05) is 23.7 Å². The first-order valence-electron chi connectivity index (χ1n) is 5.24. The van der Waals surface area contributed by atoms with Crippen molar-refractivity contribution >= 4 is 11.6 Å². The average Bonchev–Trinajstić information content (AvgIpc) is 2.25. The molecule has 0 fully saturated rings. The van der Waals surface area contributed by atoms with E-state index >= 15 is 0 Å². The average molecular weight is 246 g/mol. The summed E-state index contributed by atoms with van der Waals surface area (Å²) in [6.45, 7) is 2.94. The fraction of sp³-hybridized carbons (Fsp3) is 0.455. The Labute approximate surface area is 100 Å². The molecule has 0 saturated carbocycles. The van der Waals surface area contributed by atoms with Gasteiger partial charge in [0, 0.05) is 38.3 Å². The smallest absolute Gasteiger partial charge is 0.146 e. The van der Waals surface area contributed by atoms with E-state index in [0.29, 0.717) is 38.3 Å². The van der Waals surface area contributed by atoms with Crippen LogP contribution in [0.5, 0.6) is 0 Å².